The van der Waals surface area contributed by atoms with Crippen molar-refractivity contribution in [2.24, 2.45) is 0 Å². The van der Waals surface area contributed by atoms with Gasteiger partial charge in [-0.05, 0) is 54.4 Å². The number of nitrogens with zero attached hydrogens (tertiary/aromatic N) is 3. The van der Waals surface area contributed by atoms with Gasteiger partial charge in [0.15, 0.2) is 5.82 Å². The molecule has 8 nitrogen and oxygen atoms in total. The number of rotatable bonds is 8. The number of hydrogen-bond acceptors (Lipinski definition) is 9. The first-order valence-corrected chi connectivity index (χ1v) is 13.3. The number of amides is 1. The van der Waals surface area contributed by atoms with Gasteiger partial charge in [0, 0.05) is 18.3 Å². The van der Waals surface area contributed by atoms with E-state index in [9.17, 15) is 13.6 Å². The Bertz CT molecular complexity index is 1530. The first-order chi connectivity index (χ1) is 18.9. The van der Waals surface area contributed by atoms with Crippen LogP contribution in [0.15, 0.2) is 66.2 Å². The molecule has 1 fully saturated rings. The van der Waals surface area contributed by atoms with Gasteiger partial charge in [0.2, 0.25) is 11.9 Å². The van der Waals surface area contributed by atoms with Crippen molar-refractivity contribution in [3.05, 3.63) is 83.8 Å². The van der Waals surface area contributed by atoms with Crippen LogP contribution in [0.25, 0.3) is 21.8 Å². The molecule has 0 spiro atoms. The first kappa shape index (κ1) is 26.8. The SMILES string of the molecule is C=CC(=O)Nc1nccc(-c2sc(C3COCCN3)nc2-c2cccc(NSc3cc(F)ccc3F)c2F)n1. The van der Waals surface area contributed by atoms with Crippen LogP contribution in [0.3, 0.4) is 0 Å². The van der Waals surface area contributed by atoms with E-state index in [1.165, 1.54) is 23.6 Å². The average molecular weight is 571 g/mol. The molecule has 3 N–H and O–H groups in total. The fourth-order valence-corrected chi connectivity index (χ4v) is 5.56. The maximum absolute atomic E-state index is 15.9. The maximum Gasteiger partial charge on any atom is 0.250 e. The number of halogens is 3. The van der Waals surface area contributed by atoms with E-state index in [1.807, 2.05) is 0 Å². The summed E-state index contributed by atoms with van der Waals surface area (Å²) in [5.74, 6) is -2.30. The Morgan fingerprint density at radius 1 is 1.21 bits per heavy atom. The molecule has 0 bridgehead atoms. The van der Waals surface area contributed by atoms with Gasteiger partial charge in [-0.25, -0.2) is 28.1 Å². The second-order valence-electron chi connectivity index (χ2n) is 8.22. The minimum atomic E-state index is -0.637. The first-order valence-electron chi connectivity index (χ1n) is 11.7. The molecule has 2 aromatic carbocycles. The summed E-state index contributed by atoms with van der Waals surface area (Å²) in [6.07, 6.45) is 2.58. The number of carbonyl (C=O) groups is 1. The number of ether oxygens (including phenoxy) is 1. The quantitative estimate of drug-likeness (QED) is 0.186. The molecule has 4 aromatic rings. The zero-order valence-corrected chi connectivity index (χ0v) is 21.8. The van der Waals surface area contributed by atoms with E-state index in [-0.39, 0.29) is 28.1 Å². The van der Waals surface area contributed by atoms with Gasteiger partial charge < -0.3 is 14.8 Å². The second kappa shape index (κ2) is 11.9. The van der Waals surface area contributed by atoms with Crippen molar-refractivity contribution in [3.8, 4) is 21.8 Å². The number of aromatic nitrogens is 3. The number of hydrogen-bond donors (Lipinski definition) is 3. The molecule has 200 valence electrons. The number of morpholine rings is 1. The third kappa shape index (κ3) is 6.11. The molecule has 5 rings (SSSR count). The summed E-state index contributed by atoms with van der Waals surface area (Å²) in [5.41, 5.74) is 0.978. The third-order valence-electron chi connectivity index (χ3n) is 5.59. The molecule has 39 heavy (non-hydrogen) atoms. The minimum Gasteiger partial charge on any atom is -0.378 e. The number of nitrogens with one attached hydrogen (secondary N) is 3. The molecule has 1 saturated heterocycles. The number of benzene rings is 2. The van der Waals surface area contributed by atoms with Crippen molar-refractivity contribution in [3.63, 3.8) is 0 Å². The zero-order valence-electron chi connectivity index (χ0n) is 20.2. The lowest BCUT2D eigenvalue weighted by Crippen LogP contribution is -2.34. The molecule has 3 heterocycles. The molecule has 1 unspecified atom stereocenters. The molecule has 1 amide bonds. The molecule has 1 atom stereocenters. The molecule has 2 aromatic heterocycles. The minimum absolute atomic E-state index is 0.0186. The van der Waals surface area contributed by atoms with E-state index in [4.69, 9.17) is 9.72 Å². The van der Waals surface area contributed by atoms with Crippen molar-refractivity contribution in [1.82, 2.24) is 20.3 Å². The molecular formula is C26H21F3N6O2S2. The van der Waals surface area contributed by atoms with Crippen molar-refractivity contribution in [1.29, 1.82) is 0 Å². The van der Waals surface area contributed by atoms with Crippen LogP contribution in [0.5, 0.6) is 0 Å². The summed E-state index contributed by atoms with van der Waals surface area (Å²) >= 11 is 2.07. The number of anilines is 2. The van der Waals surface area contributed by atoms with Gasteiger partial charge in [-0.3, -0.25) is 10.1 Å². The van der Waals surface area contributed by atoms with Gasteiger partial charge in [-0.2, -0.15) is 0 Å². The van der Waals surface area contributed by atoms with Crippen LogP contribution in [0.1, 0.15) is 11.0 Å². The molecule has 0 saturated carbocycles. The average Bonchev–Trinajstić information content (AvgIpc) is 3.40. The van der Waals surface area contributed by atoms with Crippen molar-refractivity contribution in [2.75, 3.05) is 29.8 Å². The maximum atomic E-state index is 15.9. The highest BCUT2D eigenvalue weighted by molar-refractivity contribution is 8.00. The molecule has 1 aliphatic rings. The highest BCUT2D eigenvalue weighted by atomic mass is 32.2. The van der Waals surface area contributed by atoms with Crippen LogP contribution in [-0.4, -0.2) is 40.6 Å². The van der Waals surface area contributed by atoms with Crippen LogP contribution in [0.2, 0.25) is 0 Å². The Morgan fingerprint density at radius 3 is 2.87 bits per heavy atom. The lowest BCUT2D eigenvalue weighted by atomic mass is 10.1. The Balaban J connectivity index is 1.53. The van der Waals surface area contributed by atoms with E-state index >= 15 is 4.39 Å². The van der Waals surface area contributed by atoms with Gasteiger partial charge >= 0.3 is 0 Å². The molecule has 13 heteroatoms. The Hall–Kier alpha value is -3.78. The molecule has 0 aliphatic carbocycles. The summed E-state index contributed by atoms with van der Waals surface area (Å²) in [6, 6.07) is 9.16. The van der Waals surface area contributed by atoms with Gasteiger partial charge in [-0.15, -0.1) is 11.3 Å². The van der Waals surface area contributed by atoms with E-state index in [2.05, 4.69) is 31.9 Å². The highest BCUT2D eigenvalue weighted by Crippen LogP contribution is 2.41. The fourth-order valence-electron chi connectivity index (χ4n) is 3.73. The van der Waals surface area contributed by atoms with Crippen molar-refractivity contribution < 1.29 is 22.7 Å². The summed E-state index contributed by atoms with van der Waals surface area (Å²) in [5, 5.41) is 6.54. The Kier molecular flexibility index (Phi) is 8.21. The van der Waals surface area contributed by atoms with E-state index in [0.29, 0.717) is 41.0 Å². The van der Waals surface area contributed by atoms with Crippen LogP contribution in [-0.2, 0) is 9.53 Å². The summed E-state index contributed by atoms with van der Waals surface area (Å²) in [4.78, 5) is 25.6. The third-order valence-corrected chi connectivity index (χ3v) is 7.64. The fraction of sp³-hybridized carbons (Fsp3) is 0.154. The Morgan fingerprint density at radius 2 is 2.08 bits per heavy atom. The van der Waals surface area contributed by atoms with Gasteiger partial charge in [0.1, 0.15) is 16.6 Å². The van der Waals surface area contributed by atoms with Crippen LogP contribution < -0.4 is 15.4 Å². The predicted octanol–water partition coefficient (Wildman–Crippen LogP) is 5.59. The molecule has 0 radical (unpaired) electrons. The summed E-state index contributed by atoms with van der Waals surface area (Å²) < 4.78 is 51.9. The highest BCUT2D eigenvalue weighted by Gasteiger charge is 2.26. The van der Waals surface area contributed by atoms with Gasteiger partial charge in [0.05, 0.1) is 46.1 Å². The van der Waals surface area contributed by atoms with Crippen LogP contribution in [0, 0.1) is 17.5 Å². The van der Waals surface area contributed by atoms with Gasteiger partial charge in [0.25, 0.3) is 0 Å². The van der Waals surface area contributed by atoms with E-state index in [0.717, 1.165) is 36.2 Å². The lowest BCUT2D eigenvalue weighted by molar-refractivity contribution is -0.111. The number of thiazole rings is 1. The molecular weight excluding hydrogens is 549 g/mol. The largest absolute Gasteiger partial charge is 0.378 e. The number of carbonyl (C=O) groups excluding carboxylic acids is 1. The Labute approximate surface area is 229 Å². The summed E-state index contributed by atoms with van der Waals surface area (Å²) in [6.45, 7) is 5.04. The summed E-state index contributed by atoms with van der Waals surface area (Å²) in [7, 11) is 0. The van der Waals surface area contributed by atoms with Crippen LogP contribution >= 0.6 is 23.3 Å². The van der Waals surface area contributed by atoms with Crippen LogP contribution in [0.4, 0.5) is 24.8 Å². The second-order valence-corrected chi connectivity index (χ2v) is 10.1. The predicted molar refractivity (Wildman–Crippen MR) is 145 cm³/mol. The zero-order chi connectivity index (χ0) is 27.4. The molecule has 1 aliphatic heterocycles. The smallest absolute Gasteiger partial charge is 0.250 e. The normalized spacial score (nSPS) is 15.1. The lowest BCUT2D eigenvalue weighted by Gasteiger charge is -2.21. The standard InChI is InChI=1S/C26H21F3N6O2S2/c1-2-21(36)33-26-31-9-8-18(32-26)24-23(34-25(38-24)19-13-37-11-10-30-19)15-4-3-5-17(22(15)29)35-39-20-12-14(27)6-7-16(20)28/h2-9,12,19,30,35H,1,10-11,13H2,(H,31,32,33,36). The van der Waals surface area contributed by atoms with Crippen molar-refractivity contribution in [2.45, 2.75) is 10.9 Å². The monoisotopic (exact) mass is 570 g/mol. The van der Waals surface area contributed by atoms with E-state index < -0.39 is 23.4 Å². The van der Waals surface area contributed by atoms with Gasteiger partial charge in [-0.1, -0.05) is 12.6 Å². The van der Waals surface area contributed by atoms with Crippen molar-refractivity contribution >= 4 is 40.8 Å². The van der Waals surface area contributed by atoms with E-state index in [1.54, 1.807) is 18.2 Å². The topological polar surface area (TPSA) is 101 Å².